The lowest BCUT2D eigenvalue weighted by Crippen LogP contribution is -2.50. The van der Waals surface area contributed by atoms with Crippen LogP contribution >= 0.6 is 0 Å². The van der Waals surface area contributed by atoms with Crippen molar-refractivity contribution in [3.8, 4) is 5.75 Å². The number of hydrogen-bond acceptors (Lipinski definition) is 7. The zero-order valence-electron chi connectivity index (χ0n) is 23.4. The summed E-state index contributed by atoms with van der Waals surface area (Å²) in [5.74, 6) is -0.105. The average molecular weight is 587 g/mol. The van der Waals surface area contributed by atoms with Crippen LogP contribution in [0.2, 0.25) is 0 Å². The standard InChI is InChI=1S/C29H35FN4O6S/c1-19-15-24(27(35)33-17-20(2)39-21(3)18-33)8-7-22(19)9-14-41(37,38)34-12-10-29(11-13-34)28(36)31-26(32-29)23-5-4-6-25(16-23)40-30/h4-8,15-16,20-21H,9-14,17-18H2,1-3H3,(H,31,32,36)/t20-,21+. The number of carbonyl (C=O) groups excluding carboxylic acids is 2. The molecule has 2 fully saturated rings. The van der Waals surface area contributed by atoms with Gasteiger partial charge in [-0.2, -0.15) is 0 Å². The maximum Gasteiger partial charge on any atom is 0.254 e. The quantitative estimate of drug-likeness (QED) is 0.533. The van der Waals surface area contributed by atoms with Crippen LogP contribution in [0, 0.1) is 6.92 Å². The molecule has 2 aromatic carbocycles. The lowest BCUT2D eigenvalue weighted by Gasteiger charge is -2.35. The van der Waals surface area contributed by atoms with Crippen molar-refractivity contribution >= 4 is 27.7 Å². The molecule has 3 heterocycles. The van der Waals surface area contributed by atoms with Crippen molar-refractivity contribution in [3.63, 3.8) is 0 Å². The maximum absolute atomic E-state index is 13.2. The molecule has 0 aliphatic carbocycles. The molecule has 5 rings (SSSR count). The highest BCUT2D eigenvalue weighted by atomic mass is 32.2. The smallest absolute Gasteiger partial charge is 0.254 e. The van der Waals surface area contributed by atoms with Crippen molar-refractivity contribution in [1.29, 1.82) is 0 Å². The fourth-order valence-electron chi connectivity index (χ4n) is 5.82. The highest BCUT2D eigenvalue weighted by molar-refractivity contribution is 7.89. The van der Waals surface area contributed by atoms with E-state index in [1.54, 1.807) is 23.1 Å². The summed E-state index contributed by atoms with van der Waals surface area (Å²) in [6.45, 7) is 7.20. The van der Waals surface area contributed by atoms with E-state index in [2.05, 4.69) is 15.3 Å². The van der Waals surface area contributed by atoms with Crippen molar-refractivity contribution in [2.75, 3.05) is 31.9 Å². The summed E-state index contributed by atoms with van der Waals surface area (Å²) < 4.78 is 46.2. The van der Waals surface area contributed by atoms with Gasteiger partial charge >= 0.3 is 0 Å². The first-order chi connectivity index (χ1) is 19.5. The first kappa shape index (κ1) is 29.2. The molecule has 41 heavy (non-hydrogen) atoms. The van der Waals surface area contributed by atoms with E-state index in [0.29, 0.717) is 36.5 Å². The number of sulfonamides is 1. The third-order valence-corrected chi connectivity index (χ3v) is 9.92. The Morgan fingerprint density at radius 2 is 1.85 bits per heavy atom. The number of piperidine rings is 1. The number of halogens is 1. The van der Waals surface area contributed by atoms with E-state index in [0.717, 1.165) is 11.1 Å². The number of ether oxygens (including phenoxy) is 1. The van der Waals surface area contributed by atoms with Crippen molar-refractivity contribution in [3.05, 3.63) is 64.7 Å². The van der Waals surface area contributed by atoms with Gasteiger partial charge in [0.2, 0.25) is 10.0 Å². The highest BCUT2D eigenvalue weighted by Gasteiger charge is 2.47. The first-order valence-corrected chi connectivity index (χ1v) is 15.4. The van der Waals surface area contributed by atoms with Gasteiger partial charge in [-0.15, -0.1) is 0 Å². The van der Waals surface area contributed by atoms with Gasteiger partial charge in [0.25, 0.3) is 11.8 Å². The molecule has 0 radical (unpaired) electrons. The van der Waals surface area contributed by atoms with E-state index in [4.69, 9.17) is 4.74 Å². The van der Waals surface area contributed by atoms with Crippen LogP contribution in [0.15, 0.2) is 47.5 Å². The molecule has 0 bridgehead atoms. The second-order valence-electron chi connectivity index (χ2n) is 11.1. The molecule has 2 aromatic rings. The molecule has 0 aromatic heterocycles. The molecule has 12 heteroatoms. The van der Waals surface area contributed by atoms with E-state index >= 15 is 0 Å². The predicted molar refractivity (Wildman–Crippen MR) is 151 cm³/mol. The zero-order chi connectivity index (χ0) is 29.4. The van der Waals surface area contributed by atoms with Crippen LogP contribution in [0.4, 0.5) is 4.53 Å². The number of aliphatic imine (C=N–C) groups is 1. The molecule has 2 saturated heterocycles. The number of hydrogen-bond donors (Lipinski definition) is 1. The molecule has 0 saturated carbocycles. The van der Waals surface area contributed by atoms with E-state index in [9.17, 15) is 22.5 Å². The van der Waals surface area contributed by atoms with E-state index < -0.39 is 15.6 Å². The molecule has 10 nitrogen and oxygen atoms in total. The van der Waals surface area contributed by atoms with Crippen LogP contribution in [0.1, 0.15) is 53.7 Å². The summed E-state index contributed by atoms with van der Waals surface area (Å²) in [4.78, 5) is 36.1. The summed E-state index contributed by atoms with van der Waals surface area (Å²) in [6.07, 6.45) is 0.755. The van der Waals surface area contributed by atoms with Gasteiger partial charge in [0, 0.05) is 41.8 Å². The van der Waals surface area contributed by atoms with Gasteiger partial charge in [-0.05, 0) is 75.4 Å². The third-order valence-electron chi connectivity index (χ3n) is 8.05. The Kier molecular flexibility index (Phi) is 8.18. The number of nitrogens with zero attached hydrogens (tertiary/aromatic N) is 3. The molecule has 3 aliphatic heterocycles. The first-order valence-electron chi connectivity index (χ1n) is 13.8. The van der Waals surface area contributed by atoms with Gasteiger partial charge in [0.05, 0.1) is 18.0 Å². The molecule has 0 unspecified atom stereocenters. The number of carbonyl (C=O) groups is 2. The molecule has 2 amide bonds. The molecule has 220 valence electrons. The largest absolute Gasteiger partial charge is 0.372 e. The summed E-state index contributed by atoms with van der Waals surface area (Å²) >= 11 is 0. The van der Waals surface area contributed by atoms with Crippen molar-refractivity contribution < 1.29 is 32.2 Å². The van der Waals surface area contributed by atoms with Crippen LogP contribution in [-0.4, -0.2) is 85.0 Å². The zero-order valence-corrected chi connectivity index (χ0v) is 24.2. The summed E-state index contributed by atoms with van der Waals surface area (Å²) in [5, 5.41) is 2.76. The van der Waals surface area contributed by atoms with Crippen molar-refractivity contribution in [1.82, 2.24) is 14.5 Å². The number of morpholine rings is 1. The molecule has 2 atom stereocenters. The van der Waals surface area contributed by atoms with Crippen molar-refractivity contribution in [2.45, 2.75) is 57.8 Å². The summed E-state index contributed by atoms with van der Waals surface area (Å²) in [7, 11) is -3.59. The van der Waals surface area contributed by atoms with Gasteiger partial charge in [-0.3, -0.25) is 19.5 Å². The molecule has 3 aliphatic rings. The van der Waals surface area contributed by atoms with Crippen LogP contribution < -0.4 is 10.3 Å². The molecular weight excluding hydrogens is 551 g/mol. The van der Waals surface area contributed by atoms with E-state index in [1.807, 2.05) is 32.9 Å². The predicted octanol–water partition coefficient (Wildman–Crippen LogP) is 2.79. The van der Waals surface area contributed by atoms with Gasteiger partial charge < -0.3 is 15.0 Å². The average Bonchev–Trinajstić information content (AvgIpc) is 3.26. The fraction of sp³-hybridized carbons (Fsp3) is 0.483. The van der Waals surface area contributed by atoms with E-state index in [-0.39, 0.29) is 61.5 Å². The number of amidine groups is 1. The second kappa shape index (κ2) is 11.5. The lowest BCUT2D eigenvalue weighted by molar-refractivity contribution is -0.124. The topological polar surface area (TPSA) is 118 Å². The van der Waals surface area contributed by atoms with Crippen LogP contribution in [0.25, 0.3) is 0 Å². The third kappa shape index (κ3) is 6.14. The van der Waals surface area contributed by atoms with Gasteiger partial charge in [0.15, 0.2) is 5.75 Å². The number of benzene rings is 2. The lowest BCUT2D eigenvalue weighted by atomic mass is 9.89. The Morgan fingerprint density at radius 3 is 2.51 bits per heavy atom. The minimum Gasteiger partial charge on any atom is -0.372 e. The number of nitrogens with one attached hydrogen (secondary N) is 1. The van der Waals surface area contributed by atoms with Crippen molar-refractivity contribution in [2.24, 2.45) is 4.99 Å². The van der Waals surface area contributed by atoms with Crippen LogP contribution in [0.5, 0.6) is 5.75 Å². The highest BCUT2D eigenvalue weighted by Crippen LogP contribution is 2.32. The molecule has 1 N–H and O–H groups in total. The van der Waals surface area contributed by atoms with Gasteiger partial charge in [-0.1, -0.05) is 18.2 Å². The normalized spacial score (nSPS) is 22.9. The maximum atomic E-state index is 13.2. The SMILES string of the molecule is Cc1cc(C(=O)N2C[C@@H](C)O[C@@H](C)C2)ccc1CCS(=O)(=O)N1CCC2(CC1)N=C(c1cccc(OF)c1)NC2=O. The summed E-state index contributed by atoms with van der Waals surface area (Å²) in [5.41, 5.74) is 1.77. The minimum absolute atomic E-state index is 0.000781. The fourth-order valence-corrected chi connectivity index (χ4v) is 7.30. The number of amides is 2. The molecule has 1 spiro atoms. The Balaban J connectivity index is 1.19. The van der Waals surface area contributed by atoms with Crippen LogP contribution in [0.3, 0.4) is 0 Å². The number of aryl methyl sites for hydroxylation is 2. The van der Waals surface area contributed by atoms with Gasteiger partial charge in [0.1, 0.15) is 11.4 Å². The minimum atomic E-state index is -3.59. The van der Waals surface area contributed by atoms with E-state index in [1.165, 1.54) is 16.4 Å². The number of rotatable bonds is 7. The summed E-state index contributed by atoms with van der Waals surface area (Å²) in [6, 6.07) is 11.6. The Morgan fingerprint density at radius 1 is 1.15 bits per heavy atom. The molecular formula is C29H35FN4O6S. The monoisotopic (exact) mass is 586 g/mol. The Bertz CT molecular complexity index is 1460. The van der Waals surface area contributed by atoms with Crippen LogP contribution in [-0.2, 0) is 26.0 Å². The Hall–Kier alpha value is -3.35. The Labute approximate surface area is 239 Å². The second-order valence-corrected chi connectivity index (χ2v) is 13.2. The van der Waals surface area contributed by atoms with Gasteiger partial charge in [-0.25, -0.2) is 12.7 Å².